The lowest BCUT2D eigenvalue weighted by Gasteiger charge is -2.17. The molecule has 4 nitrogen and oxygen atoms in total. The summed E-state index contributed by atoms with van der Waals surface area (Å²) in [6, 6.07) is 23.8. The largest absolute Gasteiger partial charge is 0.466 e. The molecule has 0 aliphatic carbocycles. The number of fused-ring (bicyclic) bond motifs is 1. The van der Waals surface area contributed by atoms with Gasteiger partial charge in [-0.1, -0.05) is 72.8 Å². The molecule has 1 unspecified atom stereocenters. The molecular formula is C24H25NO3. The van der Waals surface area contributed by atoms with E-state index in [1.165, 1.54) is 0 Å². The Hall–Kier alpha value is -3.14. The van der Waals surface area contributed by atoms with Crippen molar-refractivity contribution in [2.75, 3.05) is 13.2 Å². The zero-order valence-corrected chi connectivity index (χ0v) is 16.1. The molecule has 1 amide bonds. The van der Waals surface area contributed by atoms with Crippen LogP contribution in [0.5, 0.6) is 0 Å². The highest BCUT2D eigenvalue weighted by atomic mass is 16.5. The molecule has 1 atom stereocenters. The topological polar surface area (TPSA) is 55.4 Å². The van der Waals surface area contributed by atoms with Gasteiger partial charge in [-0.15, -0.1) is 0 Å². The Morgan fingerprint density at radius 3 is 2.43 bits per heavy atom. The van der Waals surface area contributed by atoms with Gasteiger partial charge in [-0.3, -0.25) is 9.59 Å². The lowest BCUT2D eigenvalue weighted by atomic mass is 9.98. The maximum Gasteiger partial charge on any atom is 0.311 e. The van der Waals surface area contributed by atoms with Gasteiger partial charge in [0.25, 0.3) is 0 Å². The Kier molecular flexibility index (Phi) is 6.79. The number of benzene rings is 3. The van der Waals surface area contributed by atoms with E-state index < -0.39 is 5.92 Å². The maximum atomic E-state index is 12.5. The predicted molar refractivity (Wildman–Crippen MR) is 111 cm³/mol. The van der Waals surface area contributed by atoms with E-state index in [2.05, 4.69) is 5.32 Å². The van der Waals surface area contributed by atoms with Crippen LogP contribution in [0, 0.1) is 5.92 Å². The van der Waals surface area contributed by atoms with Gasteiger partial charge in [-0.2, -0.15) is 0 Å². The molecule has 3 aromatic carbocycles. The number of nitrogens with one attached hydrogen (secondary N) is 1. The number of carbonyl (C=O) groups is 2. The average Bonchev–Trinajstić information content (AvgIpc) is 2.72. The molecule has 0 saturated carbocycles. The Labute approximate surface area is 165 Å². The van der Waals surface area contributed by atoms with Crippen LogP contribution in [0.1, 0.15) is 18.1 Å². The van der Waals surface area contributed by atoms with Crippen LogP contribution in [-0.4, -0.2) is 25.0 Å². The third-order valence-electron chi connectivity index (χ3n) is 4.72. The summed E-state index contributed by atoms with van der Waals surface area (Å²) in [5.41, 5.74) is 2.02. The Morgan fingerprint density at radius 2 is 1.64 bits per heavy atom. The number of hydrogen-bond donors (Lipinski definition) is 1. The van der Waals surface area contributed by atoms with E-state index in [-0.39, 0.29) is 24.8 Å². The van der Waals surface area contributed by atoms with E-state index in [1.54, 1.807) is 6.92 Å². The van der Waals surface area contributed by atoms with Crippen LogP contribution >= 0.6 is 0 Å². The van der Waals surface area contributed by atoms with Gasteiger partial charge in [0.1, 0.15) is 0 Å². The van der Waals surface area contributed by atoms with E-state index in [0.29, 0.717) is 13.0 Å². The molecule has 0 aromatic heterocycles. The molecule has 0 aliphatic rings. The molecular weight excluding hydrogens is 350 g/mol. The first-order chi connectivity index (χ1) is 13.7. The van der Waals surface area contributed by atoms with Gasteiger partial charge in [0.2, 0.25) is 5.91 Å². The second-order valence-corrected chi connectivity index (χ2v) is 6.76. The number of rotatable bonds is 8. The first-order valence-electron chi connectivity index (χ1n) is 9.61. The van der Waals surface area contributed by atoms with Crippen molar-refractivity contribution >= 4 is 22.6 Å². The maximum absolute atomic E-state index is 12.5. The van der Waals surface area contributed by atoms with Crippen molar-refractivity contribution in [2.45, 2.75) is 19.8 Å². The molecule has 0 radical (unpaired) electrons. The van der Waals surface area contributed by atoms with E-state index in [4.69, 9.17) is 4.74 Å². The molecule has 0 aliphatic heterocycles. The monoisotopic (exact) mass is 375 g/mol. The quantitative estimate of drug-likeness (QED) is 0.607. The number of esters is 1. The molecule has 4 heteroatoms. The summed E-state index contributed by atoms with van der Waals surface area (Å²) in [7, 11) is 0. The molecule has 0 saturated heterocycles. The first-order valence-corrected chi connectivity index (χ1v) is 9.61. The molecule has 1 N–H and O–H groups in total. The van der Waals surface area contributed by atoms with Crippen LogP contribution in [0.15, 0.2) is 72.8 Å². The fraction of sp³-hybridized carbons (Fsp3) is 0.250. The number of ether oxygens (including phenoxy) is 1. The van der Waals surface area contributed by atoms with Crippen molar-refractivity contribution in [3.05, 3.63) is 83.9 Å². The van der Waals surface area contributed by atoms with Crippen LogP contribution in [-0.2, 0) is 27.2 Å². The van der Waals surface area contributed by atoms with Crippen molar-refractivity contribution in [2.24, 2.45) is 5.92 Å². The summed E-state index contributed by atoms with van der Waals surface area (Å²) in [6.45, 7) is 2.38. The normalized spacial score (nSPS) is 11.8. The molecule has 0 heterocycles. The van der Waals surface area contributed by atoms with Crippen LogP contribution in [0.25, 0.3) is 10.8 Å². The van der Waals surface area contributed by atoms with E-state index in [9.17, 15) is 9.59 Å². The minimum absolute atomic E-state index is 0.0984. The fourth-order valence-corrected chi connectivity index (χ4v) is 3.32. The first kappa shape index (κ1) is 19.6. The average molecular weight is 375 g/mol. The third kappa shape index (κ3) is 5.19. The Balaban J connectivity index is 1.64. The lowest BCUT2D eigenvalue weighted by molar-refractivity contribution is -0.147. The van der Waals surface area contributed by atoms with Crippen molar-refractivity contribution in [1.29, 1.82) is 0 Å². The number of hydrogen-bond acceptors (Lipinski definition) is 3. The molecule has 0 fully saturated rings. The molecule has 144 valence electrons. The summed E-state index contributed by atoms with van der Waals surface area (Å²) < 4.78 is 5.19. The van der Waals surface area contributed by atoms with Crippen molar-refractivity contribution in [3.8, 4) is 0 Å². The van der Waals surface area contributed by atoms with E-state index in [1.807, 2.05) is 72.8 Å². The second-order valence-electron chi connectivity index (χ2n) is 6.76. The third-order valence-corrected chi connectivity index (χ3v) is 4.72. The predicted octanol–water partition coefficient (Wildman–Crippen LogP) is 3.92. The second kappa shape index (κ2) is 9.70. The van der Waals surface area contributed by atoms with Gasteiger partial charge in [0, 0.05) is 6.54 Å². The van der Waals surface area contributed by atoms with E-state index in [0.717, 1.165) is 21.9 Å². The molecule has 28 heavy (non-hydrogen) atoms. The van der Waals surface area contributed by atoms with Crippen molar-refractivity contribution in [1.82, 2.24) is 5.32 Å². The number of amides is 1. The van der Waals surface area contributed by atoms with Crippen LogP contribution in [0.2, 0.25) is 0 Å². The summed E-state index contributed by atoms with van der Waals surface area (Å²) in [6.07, 6.45) is 0.816. The van der Waals surface area contributed by atoms with Crippen LogP contribution < -0.4 is 5.32 Å². The van der Waals surface area contributed by atoms with Gasteiger partial charge < -0.3 is 10.1 Å². The Bertz CT molecular complexity index is 931. The zero-order chi connectivity index (χ0) is 19.8. The number of carbonyl (C=O) groups excluding carboxylic acids is 2. The minimum Gasteiger partial charge on any atom is -0.466 e. The van der Waals surface area contributed by atoms with Crippen LogP contribution in [0.3, 0.4) is 0 Å². The minimum atomic E-state index is -0.404. The van der Waals surface area contributed by atoms with Gasteiger partial charge in [-0.05, 0) is 35.2 Å². The van der Waals surface area contributed by atoms with E-state index >= 15 is 0 Å². The highest BCUT2D eigenvalue weighted by molar-refractivity contribution is 5.90. The van der Waals surface area contributed by atoms with Crippen molar-refractivity contribution < 1.29 is 14.3 Å². The van der Waals surface area contributed by atoms with Crippen molar-refractivity contribution in [3.63, 3.8) is 0 Å². The SMILES string of the molecule is CCOC(=O)C(CNC(=O)Cc1cccc2ccccc12)Cc1ccccc1. The summed E-state index contributed by atoms with van der Waals surface area (Å²) in [5, 5.41) is 5.10. The smallest absolute Gasteiger partial charge is 0.311 e. The summed E-state index contributed by atoms with van der Waals surface area (Å²) >= 11 is 0. The van der Waals surface area contributed by atoms with Gasteiger partial charge in [0.15, 0.2) is 0 Å². The fourth-order valence-electron chi connectivity index (χ4n) is 3.32. The lowest BCUT2D eigenvalue weighted by Crippen LogP contribution is -2.35. The van der Waals surface area contributed by atoms with Gasteiger partial charge >= 0.3 is 5.97 Å². The van der Waals surface area contributed by atoms with Gasteiger partial charge in [-0.25, -0.2) is 0 Å². The highest BCUT2D eigenvalue weighted by Gasteiger charge is 2.21. The molecule has 3 rings (SSSR count). The summed E-state index contributed by atoms with van der Waals surface area (Å²) in [4.78, 5) is 24.9. The van der Waals surface area contributed by atoms with Crippen LogP contribution in [0.4, 0.5) is 0 Å². The zero-order valence-electron chi connectivity index (χ0n) is 16.1. The van der Waals surface area contributed by atoms with Gasteiger partial charge in [0.05, 0.1) is 18.9 Å². The highest BCUT2D eigenvalue weighted by Crippen LogP contribution is 2.19. The molecule has 0 bridgehead atoms. The standard InChI is InChI=1S/C24H25NO3/c1-2-28-24(27)21(15-18-9-4-3-5-10-18)17-25-23(26)16-20-13-8-12-19-11-6-7-14-22(19)20/h3-14,21H,2,15-17H2,1H3,(H,25,26). The molecule has 3 aromatic rings. The Morgan fingerprint density at radius 1 is 0.929 bits per heavy atom. The summed E-state index contributed by atoms with van der Waals surface area (Å²) in [5.74, 6) is -0.783. The molecule has 0 spiro atoms.